The van der Waals surface area contributed by atoms with Gasteiger partial charge in [0.15, 0.2) is 18.1 Å². The summed E-state index contributed by atoms with van der Waals surface area (Å²) < 4.78 is 12.0. The molecule has 9 heteroatoms. The lowest BCUT2D eigenvalue weighted by molar-refractivity contribution is -0.123. The first kappa shape index (κ1) is 26.7. The number of imide groups is 1. The van der Waals surface area contributed by atoms with Crippen LogP contribution in [0.3, 0.4) is 0 Å². The number of thioether (sulfide) groups is 1. The molecule has 4 rings (SSSR count). The molecule has 1 fully saturated rings. The second-order valence-electron chi connectivity index (χ2n) is 8.43. The molecule has 0 saturated carbocycles. The van der Waals surface area contributed by atoms with Crippen molar-refractivity contribution in [2.45, 2.75) is 20.4 Å². The zero-order valence-electron chi connectivity index (χ0n) is 20.5. The Labute approximate surface area is 233 Å². The summed E-state index contributed by atoms with van der Waals surface area (Å²) in [6, 6.07) is 18.7. The Morgan fingerprint density at radius 1 is 1.08 bits per heavy atom. The molecule has 0 aliphatic carbocycles. The number of benzene rings is 3. The molecule has 1 heterocycles. The topological polar surface area (TPSA) is 84.9 Å². The van der Waals surface area contributed by atoms with E-state index in [9.17, 15) is 14.4 Å². The molecule has 3 aromatic carbocycles. The van der Waals surface area contributed by atoms with Gasteiger partial charge in [-0.3, -0.25) is 19.3 Å². The molecular weight excluding hydrogens is 603 g/mol. The van der Waals surface area contributed by atoms with Gasteiger partial charge in [-0.15, -0.1) is 0 Å². The van der Waals surface area contributed by atoms with Gasteiger partial charge >= 0.3 is 0 Å². The Bertz CT molecular complexity index is 1410. The van der Waals surface area contributed by atoms with E-state index in [1.54, 1.807) is 12.1 Å². The Kier molecular flexibility index (Phi) is 8.55. The maximum Gasteiger partial charge on any atom is 0.293 e. The monoisotopic (exact) mass is 628 g/mol. The van der Waals surface area contributed by atoms with Crippen LogP contribution in [0.2, 0.25) is 0 Å². The third-order valence-corrected chi connectivity index (χ3v) is 7.37. The molecule has 190 valence electrons. The molecule has 0 radical (unpaired) electrons. The van der Waals surface area contributed by atoms with Gasteiger partial charge in [0.1, 0.15) is 0 Å². The van der Waals surface area contributed by atoms with E-state index in [-0.39, 0.29) is 30.2 Å². The first-order valence-electron chi connectivity index (χ1n) is 11.4. The second kappa shape index (κ2) is 11.8. The molecule has 1 aliphatic rings. The number of amides is 3. The average Bonchev–Trinajstić information content (AvgIpc) is 3.11. The predicted molar refractivity (Wildman–Crippen MR) is 154 cm³/mol. The molecule has 1 N–H and O–H groups in total. The van der Waals surface area contributed by atoms with Crippen LogP contribution in [0.15, 0.2) is 65.6 Å². The number of rotatable bonds is 8. The molecule has 7 nitrogen and oxygen atoms in total. The largest absolute Gasteiger partial charge is 0.493 e. The maximum atomic E-state index is 13.0. The van der Waals surface area contributed by atoms with Gasteiger partial charge in [-0.25, -0.2) is 0 Å². The van der Waals surface area contributed by atoms with Gasteiger partial charge in [-0.1, -0.05) is 36.4 Å². The molecule has 0 unspecified atom stereocenters. The summed E-state index contributed by atoms with van der Waals surface area (Å²) in [4.78, 5) is 39.6. The van der Waals surface area contributed by atoms with Gasteiger partial charge in [-0.2, -0.15) is 0 Å². The first-order valence-corrected chi connectivity index (χ1v) is 13.3. The summed E-state index contributed by atoms with van der Waals surface area (Å²) in [5.74, 6) is 0.211. The third-order valence-electron chi connectivity index (χ3n) is 5.66. The van der Waals surface area contributed by atoms with Crippen LogP contribution >= 0.6 is 34.4 Å². The van der Waals surface area contributed by atoms with Crippen molar-refractivity contribution in [1.82, 2.24) is 4.90 Å². The number of ether oxygens (including phenoxy) is 2. The normalized spacial score (nSPS) is 14.3. The van der Waals surface area contributed by atoms with E-state index in [1.165, 1.54) is 12.0 Å². The number of aryl methyl sites for hydroxylation is 2. The molecule has 3 amide bonds. The maximum absolute atomic E-state index is 13.0. The minimum Gasteiger partial charge on any atom is -0.493 e. The smallest absolute Gasteiger partial charge is 0.293 e. The Morgan fingerprint density at radius 3 is 2.59 bits per heavy atom. The van der Waals surface area contributed by atoms with Crippen molar-refractivity contribution >= 4 is 63.2 Å². The SMILES string of the molecule is COc1cc(/C=C2\SC(=O)N(Cc3ccccc3C)C2=O)cc(I)c1OCC(=O)Nc1cccc(C)c1. The number of carbonyl (C=O) groups is 3. The quantitative estimate of drug-likeness (QED) is 0.237. The first-order chi connectivity index (χ1) is 17.7. The van der Waals surface area contributed by atoms with Crippen LogP contribution in [0.5, 0.6) is 11.5 Å². The van der Waals surface area contributed by atoms with E-state index in [1.807, 2.05) is 68.4 Å². The molecule has 1 saturated heterocycles. The van der Waals surface area contributed by atoms with Crippen LogP contribution < -0.4 is 14.8 Å². The van der Waals surface area contributed by atoms with Crippen LogP contribution in [-0.2, 0) is 16.1 Å². The highest BCUT2D eigenvalue weighted by Crippen LogP contribution is 2.38. The summed E-state index contributed by atoms with van der Waals surface area (Å²) in [6.07, 6.45) is 1.67. The molecule has 0 atom stereocenters. The van der Waals surface area contributed by atoms with Crippen molar-refractivity contribution < 1.29 is 23.9 Å². The highest BCUT2D eigenvalue weighted by molar-refractivity contribution is 14.1. The van der Waals surface area contributed by atoms with Crippen molar-refractivity contribution in [3.05, 3.63) is 91.4 Å². The van der Waals surface area contributed by atoms with Crippen molar-refractivity contribution in [1.29, 1.82) is 0 Å². The van der Waals surface area contributed by atoms with E-state index >= 15 is 0 Å². The van der Waals surface area contributed by atoms with Crippen LogP contribution in [0.25, 0.3) is 6.08 Å². The van der Waals surface area contributed by atoms with Crippen LogP contribution in [0, 0.1) is 17.4 Å². The van der Waals surface area contributed by atoms with Crippen molar-refractivity contribution in [3.63, 3.8) is 0 Å². The molecule has 3 aromatic rings. The highest BCUT2D eigenvalue weighted by Gasteiger charge is 2.35. The number of hydrogen-bond donors (Lipinski definition) is 1. The second-order valence-corrected chi connectivity index (χ2v) is 10.6. The molecular formula is C28H25IN2O5S. The van der Waals surface area contributed by atoms with E-state index in [2.05, 4.69) is 27.9 Å². The summed E-state index contributed by atoms with van der Waals surface area (Å²) >= 11 is 3.01. The molecule has 0 aromatic heterocycles. The number of nitrogens with zero attached hydrogens (tertiary/aromatic N) is 1. The summed E-state index contributed by atoms with van der Waals surface area (Å²) in [5, 5.41) is 2.51. The number of anilines is 1. The minimum atomic E-state index is -0.333. The van der Waals surface area contributed by atoms with Gasteiger partial charge in [-0.05, 0) is 101 Å². The fourth-order valence-corrected chi connectivity index (χ4v) is 5.39. The standard InChI is InChI=1S/C28H25IN2O5S/c1-17-7-6-10-21(11-17)30-25(32)16-36-26-22(29)12-19(13-23(26)35-3)14-24-27(33)31(28(34)37-24)15-20-9-5-4-8-18(20)2/h4-14H,15-16H2,1-3H3,(H,30,32)/b24-14-. The number of methoxy groups -OCH3 is 1. The third kappa shape index (κ3) is 6.53. The lowest BCUT2D eigenvalue weighted by atomic mass is 10.1. The van der Waals surface area contributed by atoms with Gasteiger partial charge in [0, 0.05) is 5.69 Å². The molecule has 0 bridgehead atoms. The summed E-state index contributed by atoms with van der Waals surface area (Å²) in [5.41, 5.74) is 4.36. The van der Waals surface area contributed by atoms with Crippen LogP contribution in [-0.4, -0.2) is 35.7 Å². The Hall–Kier alpha value is -3.31. The van der Waals surface area contributed by atoms with E-state index in [4.69, 9.17) is 9.47 Å². The predicted octanol–water partition coefficient (Wildman–Crippen LogP) is 6.17. The van der Waals surface area contributed by atoms with E-state index in [0.717, 1.165) is 28.5 Å². The van der Waals surface area contributed by atoms with Gasteiger partial charge < -0.3 is 14.8 Å². The number of halogens is 1. The number of carbonyl (C=O) groups excluding carboxylic acids is 3. The van der Waals surface area contributed by atoms with Crippen LogP contribution in [0.4, 0.5) is 10.5 Å². The summed E-state index contributed by atoms with van der Waals surface area (Å²) in [6.45, 7) is 3.93. The lowest BCUT2D eigenvalue weighted by Crippen LogP contribution is -2.27. The fraction of sp³-hybridized carbons (Fsp3) is 0.179. The van der Waals surface area contributed by atoms with E-state index in [0.29, 0.717) is 31.2 Å². The zero-order valence-corrected chi connectivity index (χ0v) is 23.5. The van der Waals surface area contributed by atoms with Crippen molar-refractivity contribution in [3.8, 4) is 11.5 Å². The molecule has 1 aliphatic heterocycles. The van der Waals surface area contributed by atoms with Gasteiger partial charge in [0.25, 0.3) is 17.1 Å². The Morgan fingerprint density at radius 2 is 1.86 bits per heavy atom. The van der Waals surface area contributed by atoms with E-state index < -0.39 is 0 Å². The lowest BCUT2D eigenvalue weighted by Gasteiger charge is -2.14. The number of nitrogens with one attached hydrogen (secondary N) is 1. The Balaban J connectivity index is 1.47. The van der Waals surface area contributed by atoms with Crippen molar-refractivity contribution in [2.75, 3.05) is 19.0 Å². The zero-order chi connectivity index (χ0) is 26.5. The summed E-state index contributed by atoms with van der Waals surface area (Å²) in [7, 11) is 1.50. The molecule has 37 heavy (non-hydrogen) atoms. The molecule has 0 spiro atoms. The minimum absolute atomic E-state index is 0.197. The highest BCUT2D eigenvalue weighted by atomic mass is 127. The van der Waals surface area contributed by atoms with Gasteiger partial charge in [0.2, 0.25) is 0 Å². The van der Waals surface area contributed by atoms with Crippen LogP contribution in [0.1, 0.15) is 22.3 Å². The average molecular weight is 628 g/mol. The fourth-order valence-electron chi connectivity index (χ4n) is 3.77. The van der Waals surface area contributed by atoms with Gasteiger partial charge in [0.05, 0.1) is 22.1 Å². The number of hydrogen-bond acceptors (Lipinski definition) is 6. The van der Waals surface area contributed by atoms with Crippen molar-refractivity contribution in [2.24, 2.45) is 0 Å².